The largest absolute Gasteiger partial charge is 0.497 e. The van der Waals surface area contributed by atoms with Crippen LogP contribution in [0.15, 0.2) is 53.1 Å². The first-order valence-corrected chi connectivity index (χ1v) is 8.82. The average Bonchev–Trinajstić information content (AvgIpc) is 3.13. The molecule has 0 aliphatic carbocycles. The molecule has 3 rings (SSSR count). The fraction of sp³-hybridized carbons (Fsp3) is 0.238. The molecule has 1 unspecified atom stereocenters. The van der Waals surface area contributed by atoms with Gasteiger partial charge < -0.3 is 24.5 Å². The van der Waals surface area contributed by atoms with Crippen LogP contribution < -0.4 is 20.1 Å². The second kappa shape index (κ2) is 8.47. The van der Waals surface area contributed by atoms with E-state index in [1.54, 1.807) is 32.5 Å². The minimum absolute atomic E-state index is 0.265. The summed E-state index contributed by atoms with van der Waals surface area (Å²) in [6.45, 7) is 3.72. The normalized spacial score (nSPS) is 11.6. The SMILES string of the molecule is COc1ccc(C(C)NC(=O)Nc2cccc(-c3ncc(C)o3)c2)c(OC)c1. The lowest BCUT2D eigenvalue weighted by Crippen LogP contribution is -2.31. The van der Waals surface area contributed by atoms with Crippen molar-refractivity contribution in [3.05, 3.63) is 60.0 Å². The average molecular weight is 381 g/mol. The van der Waals surface area contributed by atoms with Crippen molar-refractivity contribution >= 4 is 11.7 Å². The zero-order chi connectivity index (χ0) is 20.1. The second-order valence-corrected chi connectivity index (χ2v) is 6.28. The number of rotatable bonds is 6. The van der Waals surface area contributed by atoms with Crippen LogP contribution in [0.5, 0.6) is 11.5 Å². The number of oxazole rings is 1. The van der Waals surface area contributed by atoms with E-state index in [4.69, 9.17) is 13.9 Å². The van der Waals surface area contributed by atoms with Gasteiger partial charge in [0.1, 0.15) is 17.3 Å². The molecule has 2 aromatic carbocycles. The second-order valence-electron chi connectivity index (χ2n) is 6.28. The summed E-state index contributed by atoms with van der Waals surface area (Å²) < 4.78 is 16.1. The highest BCUT2D eigenvalue weighted by Crippen LogP contribution is 2.29. The first-order chi connectivity index (χ1) is 13.5. The number of urea groups is 1. The van der Waals surface area contributed by atoms with Crippen molar-refractivity contribution in [3.8, 4) is 23.0 Å². The van der Waals surface area contributed by atoms with Gasteiger partial charge in [-0.25, -0.2) is 9.78 Å². The summed E-state index contributed by atoms with van der Waals surface area (Å²) in [7, 11) is 3.18. The molecule has 2 N–H and O–H groups in total. The fourth-order valence-electron chi connectivity index (χ4n) is 2.84. The van der Waals surface area contributed by atoms with E-state index < -0.39 is 0 Å². The number of anilines is 1. The minimum atomic E-state index is -0.328. The number of benzene rings is 2. The van der Waals surface area contributed by atoms with Gasteiger partial charge in [-0.2, -0.15) is 0 Å². The quantitative estimate of drug-likeness (QED) is 0.654. The van der Waals surface area contributed by atoms with Crippen LogP contribution in [0.3, 0.4) is 0 Å². The van der Waals surface area contributed by atoms with E-state index in [2.05, 4.69) is 15.6 Å². The molecule has 7 nitrogen and oxygen atoms in total. The van der Waals surface area contributed by atoms with Gasteiger partial charge in [-0.05, 0) is 44.2 Å². The molecule has 1 heterocycles. The lowest BCUT2D eigenvalue weighted by Gasteiger charge is -2.18. The highest BCUT2D eigenvalue weighted by Gasteiger charge is 2.15. The van der Waals surface area contributed by atoms with Crippen molar-refractivity contribution < 1.29 is 18.7 Å². The van der Waals surface area contributed by atoms with Crippen LogP contribution in [0.4, 0.5) is 10.5 Å². The van der Waals surface area contributed by atoms with Crippen LogP contribution in [-0.2, 0) is 0 Å². The molecule has 0 bridgehead atoms. The molecule has 1 atom stereocenters. The van der Waals surface area contributed by atoms with Gasteiger partial charge in [0.15, 0.2) is 0 Å². The number of ether oxygens (including phenoxy) is 2. The lowest BCUT2D eigenvalue weighted by atomic mass is 10.1. The minimum Gasteiger partial charge on any atom is -0.497 e. The van der Waals surface area contributed by atoms with Gasteiger partial charge in [-0.1, -0.05) is 6.07 Å². The molecule has 28 heavy (non-hydrogen) atoms. The maximum absolute atomic E-state index is 12.4. The summed E-state index contributed by atoms with van der Waals surface area (Å²) in [4.78, 5) is 16.7. The number of nitrogens with zero attached hydrogens (tertiary/aromatic N) is 1. The smallest absolute Gasteiger partial charge is 0.319 e. The van der Waals surface area contributed by atoms with Gasteiger partial charge in [-0.3, -0.25) is 0 Å². The van der Waals surface area contributed by atoms with Gasteiger partial charge in [0.2, 0.25) is 5.89 Å². The van der Waals surface area contributed by atoms with Gasteiger partial charge >= 0.3 is 6.03 Å². The van der Waals surface area contributed by atoms with Gasteiger partial charge in [0.25, 0.3) is 0 Å². The van der Waals surface area contributed by atoms with E-state index in [1.807, 2.05) is 44.2 Å². The Bertz CT molecular complexity index is 968. The van der Waals surface area contributed by atoms with E-state index in [1.165, 1.54) is 0 Å². The Morgan fingerprint density at radius 2 is 1.96 bits per heavy atom. The van der Waals surface area contributed by atoms with E-state index in [0.717, 1.165) is 16.9 Å². The van der Waals surface area contributed by atoms with Crippen molar-refractivity contribution in [3.63, 3.8) is 0 Å². The molecule has 0 radical (unpaired) electrons. The molecule has 146 valence electrons. The third-order valence-corrected chi connectivity index (χ3v) is 4.24. The van der Waals surface area contributed by atoms with Crippen molar-refractivity contribution in [2.24, 2.45) is 0 Å². The first-order valence-electron chi connectivity index (χ1n) is 8.82. The summed E-state index contributed by atoms with van der Waals surface area (Å²) in [6.07, 6.45) is 1.66. The van der Waals surface area contributed by atoms with E-state index in [-0.39, 0.29) is 12.1 Å². The van der Waals surface area contributed by atoms with Crippen LogP contribution in [0.25, 0.3) is 11.5 Å². The molecule has 0 saturated heterocycles. The maximum atomic E-state index is 12.4. The Labute approximate surface area is 163 Å². The predicted octanol–water partition coefficient (Wildman–Crippen LogP) is 4.55. The first kappa shape index (κ1) is 19.3. The van der Waals surface area contributed by atoms with Crippen molar-refractivity contribution in [2.45, 2.75) is 19.9 Å². The molecule has 3 aromatic rings. The topological polar surface area (TPSA) is 85.6 Å². The molecule has 0 fully saturated rings. The van der Waals surface area contributed by atoms with E-state index in [0.29, 0.717) is 23.1 Å². The zero-order valence-electron chi connectivity index (χ0n) is 16.3. The molecule has 0 spiro atoms. The number of aryl methyl sites for hydroxylation is 1. The van der Waals surface area contributed by atoms with Crippen molar-refractivity contribution in [1.29, 1.82) is 0 Å². The molecular weight excluding hydrogens is 358 g/mol. The summed E-state index contributed by atoms with van der Waals surface area (Å²) in [6, 6.07) is 12.2. The summed E-state index contributed by atoms with van der Waals surface area (Å²) in [5.41, 5.74) is 2.28. The Morgan fingerprint density at radius 1 is 1.14 bits per heavy atom. The molecule has 2 amide bonds. The highest BCUT2D eigenvalue weighted by atomic mass is 16.5. The number of carbonyl (C=O) groups is 1. The van der Waals surface area contributed by atoms with Gasteiger partial charge in [0.05, 0.1) is 26.5 Å². The predicted molar refractivity (Wildman–Crippen MR) is 107 cm³/mol. The number of amides is 2. The third-order valence-electron chi connectivity index (χ3n) is 4.24. The standard InChI is InChI=1S/C21H23N3O4/c1-13-12-22-20(28-13)15-6-5-7-16(10-15)24-21(25)23-14(2)18-9-8-17(26-3)11-19(18)27-4/h5-12,14H,1-4H3,(H2,23,24,25). The molecular formula is C21H23N3O4. The number of aromatic nitrogens is 1. The lowest BCUT2D eigenvalue weighted by molar-refractivity contribution is 0.249. The Balaban J connectivity index is 1.69. The molecule has 0 aliphatic heterocycles. The maximum Gasteiger partial charge on any atom is 0.319 e. The number of hydrogen-bond donors (Lipinski definition) is 2. The van der Waals surface area contributed by atoms with Crippen LogP contribution in [0.1, 0.15) is 24.3 Å². The Morgan fingerprint density at radius 3 is 2.64 bits per heavy atom. The van der Waals surface area contributed by atoms with Crippen LogP contribution >= 0.6 is 0 Å². The van der Waals surface area contributed by atoms with Crippen molar-refractivity contribution in [2.75, 3.05) is 19.5 Å². The fourth-order valence-corrected chi connectivity index (χ4v) is 2.84. The summed E-state index contributed by atoms with van der Waals surface area (Å²) >= 11 is 0. The summed E-state index contributed by atoms with van der Waals surface area (Å²) in [5, 5.41) is 5.74. The highest BCUT2D eigenvalue weighted by molar-refractivity contribution is 5.90. The van der Waals surface area contributed by atoms with Crippen molar-refractivity contribution in [1.82, 2.24) is 10.3 Å². The van der Waals surface area contributed by atoms with E-state index >= 15 is 0 Å². The number of hydrogen-bond acceptors (Lipinski definition) is 5. The Kier molecular flexibility index (Phi) is 5.84. The number of carbonyl (C=O) groups excluding carboxylic acids is 1. The van der Waals surface area contributed by atoms with E-state index in [9.17, 15) is 4.79 Å². The monoisotopic (exact) mass is 381 g/mol. The summed E-state index contributed by atoms with van der Waals surface area (Å²) in [5.74, 6) is 2.58. The van der Waals surface area contributed by atoms with Crippen LogP contribution in [-0.4, -0.2) is 25.2 Å². The molecule has 0 aliphatic rings. The van der Waals surface area contributed by atoms with Gasteiger partial charge in [0, 0.05) is 22.9 Å². The zero-order valence-corrected chi connectivity index (χ0v) is 16.3. The van der Waals surface area contributed by atoms with Crippen LogP contribution in [0.2, 0.25) is 0 Å². The number of methoxy groups -OCH3 is 2. The molecule has 7 heteroatoms. The van der Waals surface area contributed by atoms with Gasteiger partial charge in [-0.15, -0.1) is 0 Å². The molecule has 0 saturated carbocycles. The van der Waals surface area contributed by atoms with Crippen LogP contribution in [0, 0.1) is 6.92 Å². The molecule has 1 aromatic heterocycles. The third kappa shape index (κ3) is 4.43. The Hall–Kier alpha value is -3.48. The number of nitrogens with one attached hydrogen (secondary N) is 2.